The summed E-state index contributed by atoms with van der Waals surface area (Å²) in [5.74, 6) is 0. The van der Waals surface area contributed by atoms with Crippen LogP contribution in [0.4, 0.5) is 5.69 Å². The standard InChI is InChI=1S/C12H15NOS/c1-8(2)14-7-11-5-9-3-4-10(13)6-12(9)15-11/h3-6,8H,7,13H2,1-2H3. The topological polar surface area (TPSA) is 35.2 Å². The van der Waals surface area contributed by atoms with Crippen LogP contribution in [0.25, 0.3) is 10.1 Å². The molecule has 2 rings (SSSR count). The number of hydrogen-bond acceptors (Lipinski definition) is 3. The molecule has 0 bridgehead atoms. The van der Waals surface area contributed by atoms with Gasteiger partial charge in [-0.3, -0.25) is 0 Å². The van der Waals surface area contributed by atoms with Gasteiger partial charge in [0.25, 0.3) is 0 Å². The molecule has 0 amide bonds. The lowest BCUT2D eigenvalue weighted by Crippen LogP contribution is -2.00. The largest absolute Gasteiger partial charge is 0.399 e. The van der Waals surface area contributed by atoms with Crippen molar-refractivity contribution in [3.63, 3.8) is 0 Å². The summed E-state index contributed by atoms with van der Waals surface area (Å²) < 4.78 is 6.80. The number of hydrogen-bond donors (Lipinski definition) is 1. The van der Waals surface area contributed by atoms with Gasteiger partial charge in [-0.1, -0.05) is 6.07 Å². The molecular formula is C12H15NOS. The van der Waals surface area contributed by atoms with Gasteiger partial charge in [0.05, 0.1) is 12.7 Å². The fraction of sp³-hybridized carbons (Fsp3) is 0.333. The lowest BCUT2D eigenvalue weighted by molar-refractivity contribution is 0.0675. The van der Waals surface area contributed by atoms with Crippen molar-refractivity contribution in [2.24, 2.45) is 0 Å². The average Bonchev–Trinajstić information content (AvgIpc) is 2.56. The first-order valence-corrected chi connectivity index (χ1v) is 5.86. The van der Waals surface area contributed by atoms with E-state index in [1.54, 1.807) is 11.3 Å². The van der Waals surface area contributed by atoms with Crippen molar-refractivity contribution in [3.05, 3.63) is 29.1 Å². The molecule has 0 unspecified atom stereocenters. The van der Waals surface area contributed by atoms with E-state index in [4.69, 9.17) is 10.5 Å². The van der Waals surface area contributed by atoms with Gasteiger partial charge in [0, 0.05) is 15.3 Å². The lowest BCUT2D eigenvalue weighted by Gasteiger charge is -2.04. The number of benzene rings is 1. The van der Waals surface area contributed by atoms with Gasteiger partial charge in [0.2, 0.25) is 0 Å². The predicted molar refractivity (Wildman–Crippen MR) is 66.2 cm³/mol. The zero-order valence-electron chi connectivity index (χ0n) is 8.99. The van der Waals surface area contributed by atoms with Crippen LogP contribution in [0.15, 0.2) is 24.3 Å². The Morgan fingerprint density at radius 1 is 1.33 bits per heavy atom. The molecule has 0 saturated carbocycles. The fourth-order valence-corrected chi connectivity index (χ4v) is 2.46. The van der Waals surface area contributed by atoms with Crippen molar-refractivity contribution >= 4 is 27.1 Å². The van der Waals surface area contributed by atoms with E-state index in [2.05, 4.69) is 12.1 Å². The predicted octanol–water partition coefficient (Wildman–Crippen LogP) is 3.41. The Bertz CT molecular complexity index is 462. The third kappa shape index (κ3) is 2.49. The smallest absolute Gasteiger partial charge is 0.0813 e. The molecule has 1 aromatic heterocycles. The van der Waals surface area contributed by atoms with Crippen LogP contribution in [0.3, 0.4) is 0 Å². The van der Waals surface area contributed by atoms with Crippen molar-refractivity contribution in [1.82, 2.24) is 0 Å². The Balaban J connectivity index is 2.23. The maximum Gasteiger partial charge on any atom is 0.0813 e. The first-order valence-electron chi connectivity index (χ1n) is 5.04. The summed E-state index contributed by atoms with van der Waals surface area (Å²) in [6, 6.07) is 8.17. The van der Waals surface area contributed by atoms with Crippen molar-refractivity contribution in [2.75, 3.05) is 5.73 Å². The Kier molecular flexibility index (Phi) is 2.93. The SMILES string of the molecule is CC(C)OCc1cc2ccc(N)cc2s1. The molecule has 0 aliphatic rings. The van der Waals surface area contributed by atoms with Crippen molar-refractivity contribution in [1.29, 1.82) is 0 Å². The molecule has 0 aliphatic heterocycles. The molecule has 0 saturated heterocycles. The van der Waals surface area contributed by atoms with Gasteiger partial charge in [-0.2, -0.15) is 0 Å². The van der Waals surface area contributed by atoms with E-state index < -0.39 is 0 Å². The van der Waals surface area contributed by atoms with Crippen molar-refractivity contribution in [3.8, 4) is 0 Å². The van der Waals surface area contributed by atoms with Gasteiger partial charge in [-0.25, -0.2) is 0 Å². The maximum atomic E-state index is 5.73. The van der Waals surface area contributed by atoms with Gasteiger partial charge < -0.3 is 10.5 Å². The number of rotatable bonds is 3. The van der Waals surface area contributed by atoms with E-state index in [0.717, 1.165) is 5.69 Å². The van der Waals surface area contributed by atoms with Crippen LogP contribution in [-0.2, 0) is 11.3 Å². The number of nitrogens with two attached hydrogens (primary N) is 1. The van der Waals surface area contributed by atoms with Crippen LogP contribution in [0.1, 0.15) is 18.7 Å². The summed E-state index contributed by atoms with van der Waals surface area (Å²) in [6.45, 7) is 4.79. The molecule has 2 N–H and O–H groups in total. The minimum Gasteiger partial charge on any atom is -0.399 e. The van der Waals surface area contributed by atoms with Gasteiger partial charge >= 0.3 is 0 Å². The summed E-state index contributed by atoms with van der Waals surface area (Å²) in [5.41, 5.74) is 6.55. The molecule has 1 aromatic carbocycles. The van der Waals surface area contributed by atoms with Crippen LogP contribution in [0.5, 0.6) is 0 Å². The Morgan fingerprint density at radius 3 is 2.87 bits per heavy atom. The third-order valence-corrected chi connectivity index (χ3v) is 3.23. The van der Waals surface area contributed by atoms with E-state index >= 15 is 0 Å². The lowest BCUT2D eigenvalue weighted by atomic mass is 10.2. The van der Waals surface area contributed by atoms with E-state index in [9.17, 15) is 0 Å². The monoisotopic (exact) mass is 221 g/mol. The summed E-state index contributed by atoms with van der Waals surface area (Å²) in [4.78, 5) is 1.25. The highest BCUT2D eigenvalue weighted by Gasteiger charge is 2.03. The van der Waals surface area contributed by atoms with E-state index in [1.165, 1.54) is 15.0 Å². The number of thiophene rings is 1. The normalized spacial score (nSPS) is 11.4. The molecule has 15 heavy (non-hydrogen) atoms. The molecule has 0 aliphatic carbocycles. The molecule has 0 fully saturated rings. The Hall–Kier alpha value is -1.06. The molecule has 2 nitrogen and oxygen atoms in total. The number of nitrogen functional groups attached to an aromatic ring is 1. The molecular weight excluding hydrogens is 206 g/mol. The molecule has 0 atom stereocenters. The van der Waals surface area contributed by atoms with Gasteiger partial charge in [0.1, 0.15) is 0 Å². The van der Waals surface area contributed by atoms with Crippen LogP contribution < -0.4 is 5.73 Å². The quantitative estimate of drug-likeness (QED) is 0.806. The van der Waals surface area contributed by atoms with Crippen LogP contribution >= 0.6 is 11.3 Å². The summed E-state index contributed by atoms with van der Waals surface area (Å²) >= 11 is 1.75. The molecule has 0 spiro atoms. The van der Waals surface area contributed by atoms with E-state index in [1.807, 2.05) is 26.0 Å². The first-order chi connectivity index (χ1) is 7.15. The minimum atomic E-state index is 0.278. The first kappa shape index (κ1) is 10.5. The second-order valence-corrected chi connectivity index (χ2v) is 5.04. The zero-order valence-corrected chi connectivity index (χ0v) is 9.80. The fourth-order valence-electron chi connectivity index (χ4n) is 1.42. The highest BCUT2D eigenvalue weighted by Crippen LogP contribution is 2.27. The second kappa shape index (κ2) is 4.21. The minimum absolute atomic E-state index is 0.278. The van der Waals surface area contributed by atoms with Gasteiger partial charge in [-0.05, 0) is 37.4 Å². The highest BCUT2D eigenvalue weighted by atomic mass is 32.1. The van der Waals surface area contributed by atoms with Gasteiger partial charge in [0.15, 0.2) is 0 Å². The van der Waals surface area contributed by atoms with Crippen molar-refractivity contribution in [2.45, 2.75) is 26.6 Å². The zero-order chi connectivity index (χ0) is 10.8. The highest BCUT2D eigenvalue weighted by molar-refractivity contribution is 7.19. The number of fused-ring (bicyclic) bond motifs is 1. The third-order valence-electron chi connectivity index (χ3n) is 2.15. The van der Waals surface area contributed by atoms with Crippen LogP contribution in [0, 0.1) is 0 Å². The maximum absolute atomic E-state index is 5.73. The number of ether oxygens (including phenoxy) is 1. The Labute approximate surface area is 93.7 Å². The average molecular weight is 221 g/mol. The van der Waals surface area contributed by atoms with Crippen LogP contribution in [-0.4, -0.2) is 6.10 Å². The molecule has 2 aromatic rings. The summed E-state index contributed by atoms with van der Waals surface area (Å²) in [5, 5.41) is 1.25. The van der Waals surface area contributed by atoms with E-state index in [-0.39, 0.29) is 6.10 Å². The molecule has 3 heteroatoms. The van der Waals surface area contributed by atoms with Gasteiger partial charge in [-0.15, -0.1) is 11.3 Å². The molecule has 80 valence electrons. The molecule has 0 radical (unpaired) electrons. The summed E-state index contributed by atoms with van der Waals surface area (Å²) in [7, 11) is 0. The van der Waals surface area contributed by atoms with Crippen molar-refractivity contribution < 1.29 is 4.74 Å². The van der Waals surface area contributed by atoms with Crippen LogP contribution in [0.2, 0.25) is 0 Å². The van der Waals surface area contributed by atoms with E-state index in [0.29, 0.717) is 6.61 Å². The summed E-state index contributed by atoms with van der Waals surface area (Å²) in [6.07, 6.45) is 0.278. The Morgan fingerprint density at radius 2 is 2.13 bits per heavy atom. The second-order valence-electron chi connectivity index (χ2n) is 3.87. The molecule has 1 heterocycles. The number of anilines is 1.